The monoisotopic (exact) mass is 364 g/mol. The van der Waals surface area contributed by atoms with Crippen molar-refractivity contribution < 1.29 is 22.7 Å². The number of H-pyrrole nitrogens is 2. The van der Waals surface area contributed by atoms with Crippen LogP contribution in [0.2, 0.25) is 0 Å². The lowest BCUT2D eigenvalue weighted by molar-refractivity contribution is -0.142. The summed E-state index contributed by atoms with van der Waals surface area (Å²) in [5, 5.41) is 9.53. The van der Waals surface area contributed by atoms with E-state index in [1.54, 1.807) is 0 Å². The number of nitrogens with zero attached hydrogens (tertiary/aromatic N) is 2. The molecule has 3 heterocycles. The van der Waals surface area contributed by atoms with Crippen molar-refractivity contribution in [2.24, 2.45) is 0 Å². The van der Waals surface area contributed by atoms with Crippen LogP contribution in [0.15, 0.2) is 38.6 Å². The summed E-state index contributed by atoms with van der Waals surface area (Å²) in [6, 6.07) is 2.46. The van der Waals surface area contributed by atoms with E-state index in [9.17, 15) is 23.1 Å². The first-order chi connectivity index (χ1) is 11.9. The minimum Gasteiger partial charge on any atom is -0.480 e. The van der Waals surface area contributed by atoms with Crippen molar-refractivity contribution in [1.29, 1.82) is 0 Å². The van der Waals surface area contributed by atoms with Crippen molar-refractivity contribution in [1.82, 2.24) is 19.3 Å². The van der Waals surface area contributed by atoms with Gasteiger partial charge in [0.2, 0.25) is 10.0 Å². The second-order valence-corrected chi connectivity index (χ2v) is 7.44. The fourth-order valence-corrected chi connectivity index (χ4v) is 4.54. The Hall–Kier alpha value is -2.92. The van der Waals surface area contributed by atoms with Gasteiger partial charge in [0.25, 0.3) is 0 Å². The highest BCUT2D eigenvalue weighted by Gasteiger charge is 2.42. The molecule has 1 aliphatic heterocycles. The molecule has 3 aromatic rings. The summed E-state index contributed by atoms with van der Waals surface area (Å²) in [6.45, 7) is -0.0103. The zero-order valence-electron chi connectivity index (χ0n) is 12.6. The maximum Gasteiger partial charge on any atom is 0.417 e. The molecule has 0 fully saturated rings. The van der Waals surface area contributed by atoms with Crippen LogP contribution in [0.3, 0.4) is 0 Å². The number of aliphatic carboxylic acids is 1. The summed E-state index contributed by atoms with van der Waals surface area (Å²) in [5.74, 6) is -2.02. The van der Waals surface area contributed by atoms with Crippen LogP contribution in [0.4, 0.5) is 0 Å². The SMILES string of the molecule is O=C(O)C1c2nc[nH]c2CCN1S(=O)(=O)c1ccc2[nH]c(=O)oc2c1. The number of carboxylic acid groups (broad SMARTS) is 1. The van der Waals surface area contributed by atoms with Crippen molar-refractivity contribution in [2.45, 2.75) is 17.4 Å². The lowest BCUT2D eigenvalue weighted by atomic mass is 10.1. The topological polar surface area (TPSA) is 149 Å². The fraction of sp³-hybridized carbons (Fsp3) is 0.214. The quantitative estimate of drug-likeness (QED) is 0.601. The normalized spacial score (nSPS) is 18.3. The van der Waals surface area contributed by atoms with Gasteiger partial charge in [0.1, 0.15) is 0 Å². The largest absolute Gasteiger partial charge is 0.480 e. The molecule has 3 N–H and O–H groups in total. The van der Waals surface area contributed by atoms with Crippen LogP contribution >= 0.6 is 0 Å². The van der Waals surface area contributed by atoms with Crippen molar-refractivity contribution in [2.75, 3.05) is 6.54 Å². The van der Waals surface area contributed by atoms with E-state index in [0.717, 1.165) is 4.31 Å². The Morgan fingerprint density at radius 3 is 2.96 bits per heavy atom. The van der Waals surface area contributed by atoms with Gasteiger partial charge in [-0.05, 0) is 12.1 Å². The Balaban J connectivity index is 1.83. The van der Waals surface area contributed by atoms with Gasteiger partial charge in [0.05, 0.1) is 22.4 Å². The highest BCUT2D eigenvalue weighted by Crippen LogP contribution is 2.33. The average Bonchev–Trinajstić information content (AvgIpc) is 3.17. The number of rotatable bonds is 3. The van der Waals surface area contributed by atoms with Crippen molar-refractivity contribution in [3.05, 3.63) is 46.5 Å². The molecule has 2 aromatic heterocycles. The number of oxazole rings is 1. The molecule has 4 rings (SSSR count). The fourth-order valence-electron chi connectivity index (χ4n) is 2.98. The number of aromatic amines is 2. The van der Waals surface area contributed by atoms with Crippen molar-refractivity contribution in [3.8, 4) is 0 Å². The van der Waals surface area contributed by atoms with E-state index < -0.39 is 27.8 Å². The van der Waals surface area contributed by atoms with Crippen LogP contribution in [0.25, 0.3) is 11.1 Å². The summed E-state index contributed by atoms with van der Waals surface area (Å²) in [4.78, 5) is 32.0. The number of nitrogens with one attached hydrogen (secondary N) is 2. The molecule has 25 heavy (non-hydrogen) atoms. The third-order valence-electron chi connectivity index (χ3n) is 4.11. The van der Waals surface area contributed by atoms with Crippen LogP contribution < -0.4 is 5.76 Å². The van der Waals surface area contributed by atoms with Crippen LogP contribution in [0.5, 0.6) is 0 Å². The van der Waals surface area contributed by atoms with Crippen LogP contribution in [0.1, 0.15) is 17.4 Å². The Morgan fingerprint density at radius 1 is 1.40 bits per heavy atom. The van der Waals surface area contributed by atoms with E-state index in [-0.39, 0.29) is 22.7 Å². The predicted molar refractivity (Wildman–Crippen MR) is 83.4 cm³/mol. The Labute approximate surface area is 140 Å². The highest BCUT2D eigenvalue weighted by molar-refractivity contribution is 7.89. The lowest BCUT2D eigenvalue weighted by Crippen LogP contribution is -2.43. The first-order valence-corrected chi connectivity index (χ1v) is 8.71. The molecule has 1 atom stereocenters. The van der Waals surface area contributed by atoms with E-state index in [1.807, 2.05) is 0 Å². The van der Waals surface area contributed by atoms with E-state index in [0.29, 0.717) is 17.6 Å². The molecular formula is C14H12N4O6S. The van der Waals surface area contributed by atoms with E-state index in [4.69, 9.17) is 4.42 Å². The zero-order chi connectivity index (χ0) is 17.8. The standard InChI is InChI=1S/C14H12N4O6S/c19-13(20)12-11-9(15-6-16-11)3-4-18(12)25(22,23)7-1-2-8-10(5-7)24-14(21)17-8/h1-2,5-6,12H,3-4H2,(H,15,16)(H,17,21)(H,19,20). The number of hydrogen-bond donors (Lipinski definition) is 3. The van der Waals surface area contributed by atoms with Crippen LogP contribution in [0, 0.1) is 0 Å². The summed E-state index contributed by atoms with van der Waals surface area (Å²) in [5.41, 5.74) is 1.21. The number of hydrogen-bond acceptors (Lipinski definition) is 6. The number of aromatic nitrogens is 3. The molecule has 130 valence electrons. The van der Waals surface area contributed by atoms with Crippen molar-refractivity contribution in [3.63, 3.8) is 0 Å². The van der Waals surface area contributed by atoms with Gasteiger partial charge in [-0.1, -0.05) is 0 Å². The third-order valence-corrected chi connectivity index (χ3v) is 5.97. The van der Waals surface area contributed by atoms with Gasteiger partial charge in [0.15, 0.2) is 11.6 Å². The number of sulfonamides is 1. The number of carbonyl (C=O) groups is 1. The van der Waals surface area contributed by atoms with E-state index >= 15 is 0 Å². The number of fused-ring (bicyclic) bond motifs is 2. The van der Waals surface area contributed by atoms with Gasteiger partial charge in [-0.2, -0.15) is 4.31 Å². The van der Waals surface area contributed by atoms with Gasteiger partial charge in [-0.25, -0.2) is 18.2 Å². The molecular weight excluding hydrogens is 352 g/mol. The zero-order valence-corrected chi connectivity index (χ0v) is 13.4. The molecule has 0 saturated carbocycles. The maximum atomic E-state index is 13.0. The average molecular weight is 364 g/mol. The van der Waals surface area contributed by atoms with Crippen molar-refractivity contribution >= 4 is 27.1 Å². The maximum absolute atomic E-state index is 13.0. The summed E-state index contributed by atoms with van der Waals surface area (Å²) in [6.07, 6.45) is 1.66. The second-order valence-electron chi connectivity index (χ2n) is 5.55. The summed E-state index contributed by atoms with van der Waals surface area (Å²) >= 11 is 0. The molecule has 1 aliphatic rings. The van der Waals surface area contributed by atoms with Gasteiger partial charge >= 0.3 is 11.7 Å². The van der Waals surface area contributed by atoms with E-state index in [2.05, 4.69) is 15.0 Å². The van der Waals surface area contributed by atoms with Gasteiger partial charge in [0, 0.05) is 24.7 Å². The van der Waals surface area contributed by atoms with Gasteiger partial charge in [-0.3, -0.25) is 9.78 Å². The highest BCUT2D eigenvalue weighted by atomic mass is 32.2. The Morgan fingerprint density at radius 2 is 2.20 bits per heavy atom. The summed E-state index contributed by atoms with van der Waals surface area (Å²) in [7, 11) is -4.14. The minimum absolute atomic E-state index is 0.0103. The summed E-state index contributed by atoms with van der Waals surface area (Å²) < 4.78 is 31.7. The van der Waals surface area contributed by atoms with Gasteiger partial charge in [-0.15, -0.1) is 0 Å². The van der Waals surface area contributed by atoms with E-state index in [1.165, 1.54) is 24.5 Å². The molecule has 11 heteroatoms. The Kier molecular flexibility index (Phi) is 3.30. The molecule has 0 aliphatic carbocycles. The predicted octanol–water partition coefficient (Wildman–Crippen LogP) is 0.217. The molecule has 10 nitrogen and oxygen atoms in total. The lowest BCUT2D eigenvalue weighted by Gasteiger charge is -2.31. The number of benzene rings is 1. The van der Waals surface area contributed by atoms with Crippen LogP contribution in [-0.2, 0) is 21.2 Å². The first kappa shape index (κ1) is 15.6. The number of imidazole rings is 1. The smallest absolute Gasteiger partial charge is 0.417 e. The van der Waals surface area contributed by atoms with Gasteiger partial charge < -0.3 is 14.5 Å². The molecule has 0 radical (unpaired) electrons. The first-order valence-electron chi connectivity index (χ1n) is 7.27. The Bertz CT molecular complexity index is 1140. The molecule has 0 amide bonds. The number of carboxylic acids is 1. The molecule has 1 unspecified atom stereocenters. The molecule has 0 saturated heterocycles. The molecule has 0 bridgehead atoms. The molecule has 1 aromatic carbocycles. The minimum atomic E-state index is -4.14. The third kappa shape index (κ3) is 2.36. The van der Waals surface area contributed by atoms with Crippen LogP contribution in [-0.4, -0.2) is 45.3 Å². The molecule has 0 spiro atoms. The second kappa shape index (κ2) is 5.29.